The third-order valence-corrected chi connectivity index (χ3v) is 4.21. The lowest BCUT2D eigenvalue weighted by atomic mass is 10.2. The van der Waals surface area contributed by atoms with Crippen LogP contribution in [0.2, 0.25) is 0 Å². The minimum atomic E-state index is -4.66. The highest BCUT2D eigenvalue weighted by Gasteiger charge is 2.42. The zero-order chi connectivity index (χ0) is 16.5. The summed E-state index contributed by atoms with van der Waals surface area (Å²) in [4.78, 5) is 11.9. The Hall–Kier alpha value is -0.870. The number of alkyl halides is 3. The summed E-state index contributed by atoms with van der Waals surface area (Å²) < 4.78 is 67.4. The summed E-state index contributed by atoms with van der Waals surface area (Å²) in [6.07, 6.45) is -4.05. The van der Waals surface area contributed by atoms with E-state index in [1.807, 2.05) is 0 Å². The van der Waals surface area contributed by atoms with Crippen LogP contribution in [-0.4, -0.2) is 49.6 Å². The van der Waals surface area contributed by atoms with E-state index in [0.717, 1.165) is 4.31 Å². The SMILES string of the molecule is CC(C)(C)OC(=O)[C@H]1CCCN1S(=O)(=O)NCC(F)(F)F. The second-order valence-corrected chi connectivity index (χ2v) is 7.45. The van der Waals surface area contributed by atoms with Crippen LogP contribution in [0.1, 0.15) is 33.6 Å². The van der Waals surface area contributed by atoms with Crippen LogP contribution >= 0.6 is 0 Å². The molecule has 0 aromatic heterocycles. The van der Waals surface area contributed by atoms with Gasteiger partial charge in [0.25, 0.3) is 10.2 Å². The fourth-order valence-corrected chi connectivity index (χ4v) is 3.30. The van der Waals surface area contributed by atoms with Crippen LogP contribution in [-0.2, 0) is 19.7 Å². The van der Waals surface area contributed by atoms with Crippen LogP contribution in [0.3, 0.4) is 0 Å². The van der Waals surface area contributed by atoms with Crippen LogP contribution < -0.4 is 4.72 Å². The third-order valence-electron chi connectivity index (χ3n) is 2.65. The summed E-state index contributed by atoms with van der Waals surface area (Å²) >= 11 is 0. The van der Waals surface area contributed by atoms with E-state index in [1.54, 1.807) is 20.8 Å². The molecule has 0 aromatic rings. The summed E-state index contributed by atoms with van der Waals surface area (Å²) in [5, 5.41) is 0. The van der Waals surface area contributed by atoms with E-state index in [0.29, 0.717) is 6.42 Å². The van der Waals surface area contributed by atoms with Gasteiger partial charge in [-0.25, -0.2) is 0 Å². The maximum atomic E-state index is 12.1. The molecule has 1 heterocycles. The van der Waals surface area contributed by atoms with E-state index in [2.05, 4.69) is 0 Å². The molecular weight excluding hydrogens is 313 g/mol. The van der Waals surface area contributed by atoms with E-state index in [9.17, 15) is 26.4 Å². The minimum Gasteiger partial charge on any atom is -0.459 e. The fraction of sp³-hybridized carbons (Fsp3) is 0.909. The normalized spacial score (nSPS) is 21.5. The highest BCUT2D eigenvalue weighted by Crippen LogP contribution is 2.24. The molecule has 6 nitrogen and oxygen atoms in total. The molecule has 1 saturated heterocycles. The molecule has 0 spiro atoms. The second kappa shape index (κ2) is 6.09. The molecule has 0 aliphatic carbocycles. The average molecular weight is 332 g/mol. The van der Waals surface area contributed by atoms with E-state index < -0.39 is 40.5 Å². The number of carbonyl (C=O) groups excluding carboxylic acids is 1. The van der Waals surface area contributed by atoms with E-state index in [1.165, 1.54) is 4.72 Å². The number of carbonyl (C=O) groups is 1. The number of ether oxygens (including phenoxy) is 1. The van der Waals surface area contributed by atoms with Gasteiger partial charge in [-0.2, -0.15) is 30.6 Å². The first-order valence-corrected chi connectivity index (χ1v) is 7.82. The first-order chi connectivity index (χ1) is 9.32. The molecule has 0 aromatic carbocycles. The Kier molecular flexibility index (Phi) is 5.27. The molecule has 1 atom stereocenters. The van der Waals surface area contributed by atoms with Crippen molar-refractivity contribution in [3.05, 3.63) is 0 Å². The van der Waals surface area contributed by atoms with Crippen molar-refractivity contribution in [1.82, 2.24) is 9.03 Å². The van der Waals surface area contributed by atoms with Crippen molar-refractivity contribution in [2.24, 2.45) is 0 Å². The summed E-state index contributed by atoms with van der Waals surface area (Å²) in [6, 6.07) is -1.09. The highest BCUT2D eigenvalue weighted by atomic mass is 32.2. The predicted molar refractivity (Wildman–Crippen MR) is 68.6 cm³/mol. The lowest BCUT2D eigenvalue weighted by Gasteiger charge is -2.27. The topological polar surface area (TPSA) is 75.7 Å². The van der Waals surface area contributed by atoms with Gasteiger partial charge in [-0.15, -0.1) is 0 Å². The Morgan fingerprint density at radius 1 is 1.33 bits per heavy atom. The van der Waals surface area contributed by atoms with Gasteiger partial charge in [0.05, 0.1) is 0 Å². The van der Waals surface area contributed by atoms with E-state index >= 15 is 0 Å². The highest BCUT2D eigenvalue weighted by molar-refractivity contribution is 7.87. The minimum absolute atomic E-state index is 0.0168. The lowest BCUT2D eigenvalue weighted by Crippen LogP contribution is -2.49. The zero-order valence-corrected chi connectivity index (χ0v) is 12.8. The molecule has 0 radical (unpaired) electrons. The van der Waals surface area contributed by atoms with Crippen molar-refractivity contribution in [1.29, 1.82) is 0 Å². The Labute approximate surface area is 121 Å². The van der Waals surface area contributed by atoms with Gasteiger partial charge < -0.3 is 4.74 Å². The van der Waals surface area contributed by atoms with E-state index in [-0.39, 0.29) is 13.0 Å². The maximum Gasteiger partial charge on any atom is 0.402 e. The zero-order valence-electron chi connectivity index (χ0n) is 12.0. The lowest BCUT2D eigenvalue weighted by molar-refractivity contribution is -0.158. The summed E-state index contributed by atoms with van der Waals surface area (Å²) in [6.45, 7) is 3.19. The average Bonchev–Trinajstić information content (AvgIpc) is 2.72. The largest absolute Gasteiger partial charge is 0.459 e. The summed E-state index contributed by atoms with van der Waals surface area (Å²) in [5.74, 6) is -0.752. The molecule has 1 aliphatic heterocycles. The van der Waals surface area contributed by atoms with Crippen molar-refractivity contribution in [3.63, 3.8) is 0 Å². The molecule has 1 N–H and O–H groups in total. The van der Waals surface area contributed by atoms with Gasteiger partial charge in [0.15, 0.2) is 0 Å². The van der Waals surface area contributed by atoms with Gasteiger partial charge in [0, 0.05) is 6.54 Å². The molecule has 21 heavy (non-hydrogen) atoms. The number of rotatable bonds is 4. The van der Waals surface area contributed by atoms with Crippen molar-refractivity contribution >= 4 is 16.2 Å². The number of hydrogen-bond acceptors (Lipinski definition) is 4. The van der Waals surface area contributed by atoms with Crippen LogP contribution in [0, 0.1) is 0 Å². The van der Waals surface area contributed by atoms with Crippen molar-refractivity contribution in [2.45, 2.75) is 51.4 Å². The number of esters is 1. The molecule has 124 valence electrons. The summed E-state index contributed by atoms with van der Waals surface area (Å²) in [7, 11) is -4.38. The summed E-state index contributed by atoms with van der Waals surface area (Å²) in [5.41, 5.74) is -0.797. The Morgan fingerprint density at radius 2 is 1.90 bits per heavy atom. The number of halogens is 3. The monoisotopic (exact) mass is 332 g/mol. The fourth-order valence-electron chi connectivity index (χ4n) is 1.89. The molecular formula is C11H19F3N2O4S. The predicted octanol–water partition coefficient (Wildman–Crippen LogP) is 1.19. The number of nitrogens with zero attached hydrogens (tertiary/aromatic N) is 1. The smallest absolute Gasteiger partial charge is 0.402 e. The van der Waals surface area contributed by atoms with E-state index in [4.69, 9.17) is 4.74 Å². The van der Waals surface area contributed by atoms with Gasteiger partial charge in [-0.3, -0.25) is 4.79 Å². The Balaban J connectivity index is 2.79. The Morgan fingerprint density at radius 3 is 2.38 bits per heavy atom. The molecule has 1 rings (SSSR count). The maximum absolute atomic E-state index is 12.1. The molecule has 1 fully saturated rings. The molecule has 0 bridgehead atoms. The molecule has 10 heteroatoms. The van der Waals surface area contributed by atoms with Gasteiger partial charge in [0.1, 0.15) is 18.2 Å². The quantitative estimate of drug-likeness (QED) is 0.785. The van der Waals surface area contributed by atoms with Crippen LogP contribution in [0.5, 0.6) is 0 Å². The van der Waals surface area contributed by atoms with Gasteiger partial charge in [-0.05, 0) is 33.6 Å². The molecule has 0 saturated carbocycles. The first kappa shape index (κ1) is 18.2. The third kappa shape index (κ3) is 5.79. The van der Waals surface area contributed by atoms with Crippen molar-refractivity contribution in [3.8, 4) is 0 Å². The van der Waals surface area contributed by atoms with Crippen molar-refractivity contribution in [2.75, 3.05) is 13.1 Å². The van der Waals surface area contributed by atoms with Gasteiger partial charge in [0.2, 0.25) is 0 Å². The standard InChI is InChI=1S/C11H19F3N2O4S/c1-10(2,3)20-9(17)8-5-4-6-16(8)21(18,19)15-7-11(12,13)14/h8,15H,4-7H2,1-3H3/t8-/m1/s1. The van der Waals surface area contributed by atoms with Gasteiger partial charge >= 0.3 is 12.1 Å². The number of nitrogens with one attached hydrogen (secondary N) is 1. The van der Waals surface area contributed by atoms with Crippen LogP contribution in [0.4, 0.5) is 13.2 Å². The van der Waals surface area contributed by atoms with Crippen LogP contribution in [0.15, 0.2) is 0 Å². The van der Waals surface area contributed by atoms with Crippen LogP contribution in [0.25, 0.3) is 0 Å². The Bertz CT molecular complexity index is 485. The molecule has 1 aliphatic rings. The van der Waals surface area contributed by atoms with Gasteiger partial charge in [-0.1, -0.05) is 0 Å². The first-order valence-electron chi connectivity index (χ1n) is 6.38. The second-order valence-electron chi connectivity index (χ2n) is 5.74. The number of hydrogen-bond donors (Lipinski definition) is 1. The molecule has 0 amide bonds. The van der Waals surface area contributed by atoms with Crippen molar-refractivity contribution < 1.29 is 31.1 Å². The molecule has 0 unspecified atom stereocenters.